The van der Waals surface area contributed by atoms with Crippen molar-refractivity contribution in [2.24, 2.45) is 0 Å². The summed E-state index contributed by atoms with van der Waals surface area (Å²) in [6, 6.07) is 9.32. The Kier molecular flexibility index (Phi) is 3.94. The van der Waals surface area contributed by atoms with Crippen LogP contribution in [0.5, 0.6) is 0 Å². The van der Waals surface area contributed by atoms with Gasteiger partial charge in [0.15, 0.2) is 5.43 Å². The highest BCUT2D eigenvalue weighted by molar-refractivity contribution is 6.08. The normalized spacial score (nSPS) is 17.6. The minimum Gasteiger partial charge on any atom is -0.373 e. The highest BCUT2D eigenvalue weighted by Gasteiger charge is 2.30. The first-order chi connectivity index (χ1) is 11.0. The van der Waals surface area contributed by atoms with Crippen LogP contribution in [0.15, 0.2) is 41.3 Å². The van der Waals surface area contributed by atoms with Gasteiger partial charge < -0.3 is 14.8 Å². The van der Waals surface area contributed by atoms with E-state index in [4.69, 9.17) is 0 Å². The molecule has 2 heterocycles. The molecule has 0 unspecified atom stereocenters. The van der Waals surface area contributed by atoms with Crippen LogP contribution in [0.1, 0.15) is 29.4 Å². The van der Waals surface area contributed by atoms with Crippen molar-refractivity contribution < 1.29 is 4.79 Å². The van der Waals surface area contributed by atoms with Gasteiger partial charge in [0.2, 0.25) is 0 Å². The molecule has 1 N–H and O–H groups in total. The topological polar surface area (TPSA) is 56.4 Å². The van der Waals surface area contributed by atoms with Crippen molar-refractivity contribution in [3.63, 3.8) is 0 Å². The number of hydrogen-bond acceptors (Lipinski definition) is 3. The van der Waals surface area contributed by atoms with E-state index in [0.29, 0.717) is 0 Å². The van der Waals surface area contributed by atoms with Crippen molar-refractivity contribution in [3.8, 4) is 0 Å². The van der Waals surface area contributed by atoms with E-state index in [9.17, 15) is 9.59 Å². The molecule has 0 fully saturated rings. The molecule has 0 aliphatic carbocycles. The van der Waals surface area contributed by atoms with Gasteiger partial charge in [0.1, 0.15) is 5.56 Å². The summed E-state index contributed by atoms with van der Waals surface area (Å²) in [5.41, 5.74) is 2.55. The molecule has 120 valence electrons. The first-order valence-corrected chi connectivity index (χ1v) is 7.82. The zero-order chi connectivity index (χ0) is 16.6. The minimum absolute atomic E-state index is 0.0225. The fourth-order valence-electron chi connectivity index (χ4n) is 3.04. The van der Waals surface area contributed by atoms with Crippen molar-refractivity contribution in [2.75, 3.05) is 23.4 Å². The summed E-state index contributed by atoms with van der Waals surface area (Å²) in [5, 5.41) is 0. The standard InChI is InChI=1S/C18H21N3O2/c1-12-10-17(22)14(11-19-12)18(23)21-13(2)8-9-20(3)15-6-4-5-7-16(15)21/h4-7,10-11,13H,8-9H2,1-3H3,(H,19,22)/t13-/m0/s1. The highest BCUT2D eigenvalue weighted by Crippen LogP contribution is 2.34. The predicted octanol–water partition coefficient (Wildman–Crippen LogP) is 2.56. The van der Waals surface area contributed by atoms with Crippen LogP contribution in [0, 0.1) is 6.92 Å². The molecule has 0 saturated heterocycles. The van der Waals surface area contributed by atoms with Gasteiger partial charge in [0.25, 0.3) is 5.91 Å². The molecule has 0 spiro atoms. The van der Waals surface area contributed by atoms with E-state index in [1.54, 1.807) is 11.8 Å². The van der Waals surface area contributed by atoms with Crippen molar-refractivity contribution in [1.29, 1.82) is 0 Å². The Morgan fingerprint density at radius 3 is 2.65 bits per heavy atom. The molecule has 3 rings (SSSR count). The van der Waals surface area contributed by atoms with Crippen LogP contribution in [0.25, 0.3) is 0 Å². The maximum Gasteiger partial charge on any atom is 0.264 e. The zero-order valence-corrected chi connectivity index (χ0v) is 13.7. The highest BCUT2D eigenvalue weighted by atomic mass is 16.2. The van der Waals surface area contributed by atoms with Crippen LogP contribution in [0.2, 0.25) is 0 Å². The van der Waals surface area contributed by atoms with Crippen LogP contribution in [0.3, 0.4) is 0 Å². The molecule has 1 aromatic carbocycles. The third-order valence-corrected chi connectivity index (χ3v) is 4.38. The van der Waals surface area contributed by atoms with Gasteiger partial charge in [-0.05, 0) is 32.4 Å². The average molecular weight is 311 g/mol. The molecule has 5 nitrogen and oxygen atoms in total. The largest absolute Gasteiger partial charge is 0.373 e. The van der Waals surface area contributed by atoms with Crippen LogP contribution in [-0.4, -0.2) is 30.5 Å². The summed E-state index contributed by atoms with van der Waals surface area (Å²) in [5.74, 6) is -0.249. The quantitative estimate of drug-likeness (QED) is 0.880. The lowest BCUT2D eigenvalue weighted by Gasteiger charge is -2.28. The number of hydrogen-bond donors (Lipinski definition) is 1. The van der Waals surface area contributed by atoms with Gasteiger partial charge in [-0.3, -0.25) is 9.59 Å². The van der Waals surface area contributed by atoms with E-state index in [2.05, 4.69) is 9.88 Å². The number of carbonyl (C=O) groups is 1. The summed E-state index contributed by atoms with van der Waals surface area (Å²) in [4.78, 5) is 32.1. The Hall–Kier alpha value is -2.56. The van der Waals surface area contributed by atoms with E-state index >= 15 is 0 Å². The van der Waals surface area contributed by atoms with Gasteiger partial charge in [-0.1, -0.05) is 12.1 Å². The maximum absolute atomic E-state index is 13.1. The second kappa shape index (κ2) is 5.91. The van der Waals surface area contributed by atoms with Gasteiger partial charge in [0, 0.05) is 37.6 Å². The summed E-state index contributed by atoms with van der Waals surface area (Å²) in [6.45, 7) is 4.69. The lowest BCUT2D eigenvalue weighted by atomic mass is 10.1. The van der Waals surface area contributed by atoms with Crippen LogP contribution < -0.4 is 15.2 Å². The maximum atomic E-state index is 13.1. The van der Waals surface area contributed by atoms with E-state index in [1.807, 2.05) is 38.2 Å². The zero-order valence-electron chi connectivity index (χ0n) is 13.7. The number of H-pyrrole nitrogens is 1. The molecule has 23 heavy (non-hydrogen) atoms. The van der Waals surface area contributed by atoms with E-state index in [1.165, 1.54) is 12.3 Å². The Morgan fingerprint density at radius 1 is 1.26 bits per heavy atom. The molecule has 1 aromatic heterocycles. The van der Waals surface area contributed by atoms with Gasteiger partial charge in [0.05, 0.1) is 11.4 Å². The number of benzene rings is 1. The van der Waals surface area contributed by atoms with E-state index in [-0.39, 0.29) is 22.9 Å². The number of aryl methyl sites for hydroxylation is 1. The van der Waals surface area contributed by atoms with Crippen LogP contribution in [0.4, 0.5) is 11.4 Å². The molecule has 1 aliphatic rings. The molecular weight excluding hydrogens is 290 g/mol. The summed E-state index contributed by atoms with van der Waals surface area (Å²) in [7, 11) is 2.03. The van der Waals surface area contributed by atoms with Gasteiger partial charge in [-0.15, -0.1) is 0 Å². The average Bonchev–Trinajstić information content (AvgIpc) is 2.64. The van der Waals surface area contributed by atoms with Gasteiger partial charge in [-0.2, -0.15) is 0 Å². The van der Waals surface area contributed by atoms with Gasteiger partial charge in [-0.25, -0.2) is 0 Å². The van der Waals surface area contributed by atoms with E-state index in [0.717, 1.165) is 30.0 Å². The second-order valence-electron chi connectivity index (χ2n) is 6.12. The molecule has 5 heteroatoms. The van der Waals surface area contributed by atoms with E-state index < -0.39 is 0 Å². The third kappa shape index (κ3) is 2.74. The lowest BCUT2D eigenvalue weighted by molar-refractivity contribution is 0.0977. The number of para-hydroxylation sites is 2. The van der Waals surface area contributed by atoms with Crippen molar-refractivity contribution in [2.45, 2.75) is 26.3 Å². The van der Waals surface area contributed by atoms with Crippen molar-refractivity contribution in [1.82, 2.24) is 4.98 Å². The number of carbonyl (C=O) groups excluding carboxylic acids is 1. The fourth-order valence-corrected chi connectivity index (χ4v) is 3.04. The molecule has 0 bridgehead atoms. The molecular formula is C18H21N3O2. The number of pyridine rings is 1. The first-order valence-electron chi connectivity index (χ1n) is 7.82. The SMILES string of the molecule is Cc1cc(=O)c(C(=O)N2c3ccccc3N(C)CC[C@@H]2C)c[nH]1. The smallest absolute Gasteiger partial charge is 0.264 e. The first kappa shape index (κ1) is 15.3. The molecule has 1 aliphatic heterocycles. The molecule has 0 saturated carbocycles. The molecule has 2 aromatic rings. The van der Waals surface area contributed by atoms with Gasteiger partial charge >= 0.3 is 0 Å². The summed E-state index contributed by atoms with van der Waals surface area (Å²) < 4.78 is 0. The predicted molar refractivity (Wildman–Crippen MR) is 92.4 cm³/mol. The summed E-state index contributed by atoms with van der Waals surface area (Å²) in [6.07, 6.45) is 2.37. The number of rotatable bonds is 1. The number of nitrogens with one attached hydrogen (secondary N) is 1. The minimum atomic E-state index is -0.249. The number of fused-ring (bicyclic) bond motifs is 1. The monoisotopic (exact) mass is 311 g/mol. The van der Waals surface area contributed by atoms with Crippen molar-refractivity contribution >= 4 is 17.3 Å². The Balaban J connectivity index is 2.11. The lowest BCUT2D eigenvalue weighted by Crippen LogP contribution is -2.40. The molecule has 1 atom stereocenters. The Morgan fingerprint density at radius 2 is 1.96 bits per heavy atom. The third-order valence-electron chi connectivity index (χ3n) is 4.38. The van der Waals surface area contributed by atoms with Crippen LogP contribution in [-0.2, 0) is 0 Å². The van der Waals surface area contributed by atoms with Crippen molar-refractivity contribution in [3.05, 3.63) is 58.0 Å². The number of aromatic nitrogens is 1. The number of anilines is 2. The Labute approximate surface area is 135 Å². The number of aromatic amines is 1. The second-order valence-corrected chi connectivity index (χ2v) is 6.12. The number of amides is 1. The van der Waals surface area contributed by atoms with Crippen LogP contribution >= 0.6 is 0 Å². The Bertz CT molecular complexity index is 797. The molecule has 1 amide bonds. The molecule has 0 radical (unpaired) electrons. The fraction of sp³-hybridized carbons (Fsp3) is 0.333. The number of nitrogens with zero attached hydrogens (tertiary/aromatic N) is 2. The summed E-state index contributed by atoms with van der Waals surface area (Å²) >= 11 is 0.